The highest BCUT2D eigenvalue weighted by molar-refractivity contribution is 6.30. The number of amides is 2. The zero-order chi connectivity index (χ0) is 26.6. The van der Waals surface area contributed by atoms with Crippen molar-refractivity contribution in [3.05, 3.63) is 99.5 Å². The van der Waals surface area contributed by atoms with E-state index in [1.165, 1.54) is 7.11 Å². The molecule has 0 radical (unpaired) electrons. The number of unbranched alkanes of at least 4 members (excludes halogenated alkanes) is 1. The zero-order valence-electron chi connectivity index (χ0n) is 21.1. The van der Waals surface area contributed by atoms with Crippen molar-refractivity contribution in [2.45, 2.75) is 37.9 Å². The molecule has 1 saturated heterocycles. The predicted molar refractivity (Wildman–Crippen MR) is 145 cm³/mol. The van der Waals surface area contributed by atoms with Crippen LogP contribution in [0.4, 0.5) is 4.79 Å². The molecule has 0 saturated carbocycles. The first kappa shape index (κ1) is 26.8. The third kappa shape index (κ3) is 5.00. The van der Waals surface area contributed by atoms with Crippen LogP contribution in [-0.2, 0) is 21.6 Å². The van der Waals surface area contributed by atoms with Gasteiger partial charge in [0.25, 0.3) is 0 Å². The SMILES string of the molecule is CCCCN1C(=O)N(Cc2ccc(OC)cc2)[C@](C(=O)OC)(c2ccc(Cl)cc2)[C@H]1c1ccc(Cl)cc1. The Balaban J connectivity index is 1.97. The molecule has 0 bridgehead atoms. The van der Waals surface area contributed by atoms with Gasteiger partial charge in [-0.3, -0.25) is 4.90 Å². The van der Waals surface area contributed by atoms with Crippen molar-refractivity contribution < 1.29 is 19.1 Å². The van der Waals surface area contributed by atoms with Gasteiger partial charge in [-0.15, -0.1) is 0 Å². The van der Waals surface area contributed by atoms with Crippen molar-refractivity contribution in [1.82, 2.24) is 9.80 Å². The van der Waals surface area contributed by atoms with Crippen LogP contribution in [0.15, 0.2) is 72.8 Å². The Morgan fingerprint density at radius 2 is 1.51 bits per heavy atom. The zero-order valence-corrected chi connectivity index (χ0v) is 22.6. The summed E-state index contributed by atoms with van der Waals surface area (Å²) in [5.74, 6) is 0.174. The number of hydrogen-bond donors (Lipinski definition) is 0. The van der Waals surface area contributed by atoms with E-state index in [2.05, 4.69) is 6.92 Å². The Morgan fingerprint density at radius 1 is 0.919 bits per heavy atom. The summed E-state index contributed by atoms with van der Waals surface area (Å²) in [5, 5.41) is 1.10. The summed E-state index contributed by atoms with van der Waals surface area (Å²) in [6, 6.07) is 20.9. The summed E-state index contributed by atoms with van der Waals surface area (Å²) < 4.78 is 10.8. The fourth-order valence-corrected chi connectivity index (χ4v) is 5.28. The molecule has 2 amide bonds. The molecule has 8 heteroatoms. The second-order valence-corrected chi connectivity index (χ2v) is 9.86. The van der Waals surface area contributed by atoms with E-state index in [0.29, 0.717) is 27.9 Å². The first-order valence-corrected chi connectivity index (χ1v) is 12.9. The van der Waals surface area contributed by atoms with Gasteiger partial charge in [-0.2, -0.15) is 0 Å². The van der Waals surface area contributed by atoms with Crippen molar-refractivity contribution in [1.29, 1.82) is 0 Å². The third-order valence-electron chi connectivity index (χ3n) is 6.83. The summed E-state index contributed by atoms with van der Waals surface area (Å²) >= 11 is 12.5. The van der Waals surface area contributed by atoms with Crippen LogP contribution < -0.4 is 4.74 Å². The van der Waals surface area contributed by atoms with Gasteiger partial charge < -0.3 is 14.4 Å². The highest BCUT2D eigenvalue weighted by Crippen LogP contribution is 2.52. The minimum absolute atomic E-state index is 0.188. The van der Waals surface area contributed by atoms with Gasteiger partial charge in [-0.05, 0) is 59.5 Å². The number of esters is 1. The summed E-state index contributed by atoms with van der Waals surface area (Å²) in [5.41, 5.74) is 0.775. The van der Waals surface area contributed by atoms with Crippen LogP contribution in [0.2, 0.25) is 10.0 Å². The van der Waals surface area contributed by atoms with Crippen LogP contribution in [0.25, 0.3) is 0 Å². The summed E-state index contributed by atoms with van der Waals surface area (Å²) in [7, 11) is 2.95. The molecule has 4 rings (SSSR count). The second-order valence-electron chi connectivity index (χ2n) is 8.98. The molecule has 2 atom stereocenters. The van der Waals surface area contributed by atoms with Crippen LogP contribution in [-0.4, -0.2) is 42.6 Å². The molecular weight excluding hydrogens is 511 g/mol. The maximum atomic E-state index is 14.2. The molecule has 0 spiro atoms. The van der Waals surface area contributed by atoms with Gasteiger partial charge in [0.2, 0.25) is 0 Å². The molecule has 1 heterocycles. The number of nitrogens with zero attached hydrogens (tertiary/aromatic N) is 2. The number of hydrogen-bond acceptors (Lipinski definition) is 4. The number of halogens is 2. The lowest BCUT2D eigenvalue weighted by Crippen LogP contribution is -2.52. The maximum Gasteiger partial charge on any atom is 0.339 e. The minimum atomic E-state index is -1.47. The molecule has 3 aromatic rings. The van der Waals surface area contributed by atoms with E-state index >= 15 is 0 Å². The van der Waals surface area contributed by atoms with E-state index in [4.69, 9.17) is 32.7 Å². The van der Waals surface area contributed by atoms with Gasteiger partial charge in [0, 0.05) is 23.1 Å². The Hall–Kier alpha value is -3.22. The maximum absolute atomic E-state index is 14.2. The van der Waals surface area contributed by atoms with E-state index in [0.717, 1.165) is 24.0 Å². The highest BCUT2D eigenvalue weighted by Gasteiger charge is 2.64. The average Bonchev–Trinajstić information content (AvgIpc) is 3.16. The number of benzene rings is 3. The molecule has 0 unspecified atom stereocenters. The number of rotatable bonds is 9. The lowest BCUT2D eigenvalue weighted by molar-refractivity contribution is -0.155. The first-order chi connectivity index (χ1) is 17.9. The van der Waals surface area contributed by atoms with Crippen molar-refractivity contribution in [2.24, 2.45) is 0 Å². The quantitative estimate of drug-likeness (QED) is 0.278. The highest BCUT2D eigenvalue weighted by atomic mass is 35.5. The monoisotopic (exact) mass is 540 g/mol. The average molecular weight is 541 g/mol. The van der Waals surface area contributed by atoms with Crippen LogP contribution in [0.1, 0.15) is 42.5 Å². The van der Waals surface area contributed by atoms with E-state index < -0.39 is 17.6 Å². The second kappa shape index (κ2) is 11.4. The molecule has 37 heavy (non-hydrogen) atoms. The summed E-state index contributed by atoms with van der Waals surface area (Å²) in [4.78, 5) is 31.7. The van der Waals surface area contributed by atoms with E-state index in [1.807, 2.05) is 36.4 Å². The third-order valence-corrected chi connectivity index (χ3v) is 7.33. The summed E-state index contributed by atoms with van der Waals surface area (Å²) in [6.07, 6.45) is 1.67. The molecule has 1 aliphatic heterocycles. The summed E-state index contributed by atoms with van der Waals surface area (Å²) in [6.45, 7) is 2.74. The van der Waals surface area contributed by atoms with Crippen LogP contribution >= 0.6 is 23.2 Å². The topological polar surface area (TPSA) is 59.1 Å². The molecule has 0 N–H and O–H groups in total. The van der Waals surface area contributed by atoms with E-state index in [9.17, 15) is 9.59 Å². The van der Waals surface area contributed by atoms with Gasteiger partial charge in [-0.1, -0.05) is 72.9 Å². The van der Waals surface area contributed by atoms with Gasteiger partial charge in [-0.25, -0.2) is 9.59 Å². The Kier molecular flexibility index (Phi) is 8.30. The minimum Gasteiger partial charge on any atom is -0.497 e. The molecule has 1 fully saturated rings. The lowest BCUT2D eigenvalue weighted by Gasteiger charge is -2.39. The van der Waals surface area contributed by atoms with Gasteiger partial charge in [0.1, 0.15) is 5.75 Å². The Morgan fingerprint density at radius 3 is 2.05 bits per heavy atom. The Bertz CT molecular complexity index is 1230. The fraction of sp³-hybridized carbons (Fsp3) is 0.310. The fourth-order valence-electron chi connectivity index (χ4n) is 5.03. The number of urea groups is 1. The predicted octanol–water partition coefficient (Wildman–Crippen LogP) is 6.85. The molecule has 0 aromatic heterocycles. The molecule has 0 aliphatic carbocycles. The molecule has 194 valence electrons. The van der Waals surface area contributed by atoms with Crippen molar-refractivity contribution in [3.8, 4) is 5.75 Å². The van der Waals surface area contributed by atoms with Gasteiger partial charge >= 0.3 is 12.0 Å². The van der Waals surface area contributed by atoms with Crippen molar-refractivity contribution in [2.75, 3.05) is 20.8 Å². The largest absolute Gasteiger partial charge is 0.497 e. The molecule has 3 aromatic carbocycles. The molecule has 6 nitrogen and oxygen atoms in total. The van der Waals surface area contributed by atoms with Crippen molar-refractivity contribution >= 4 is 35.2 Å². The molecule has 1 aliphatic rings. The normalized spacial score (nSPS) is 19.3. The molecular formula is C29H30Cl2N2O4. The van der Waals surface area contributed by atoms with E-state index in [-0.39, 0.29) is 12.6 Å². The van der Waals surface area contributed by atoms with Gasteiger partial charge in [0.05, 0.1) is 20.3 Å². The van der Waals surface area contributed by atoms with Crippen LogP contribution in [0.3, 0.4) is 0 Å². The van der Waals surface area contributed by atoms with Crippen molar-refractivity contribution in [3.63, 3.8) is 0 Å². The number of carbonyl (C=O) groups is 2. The smallest absolute Gasteiger partial charge is 0.339 e. The Labute approximate surface area is 227 Å². The van der Waals surface area contributed by atoms with Crippen LogP contribution in [0.5, 0.6) is 5.75 Å². The number of methoxy groups -OCH3 is 2. The number of carbonyl (C=O) groups excluding carboxylic acids is 2. The van der Waals surface area contributed by atoms with Gasteiger partial charge in [0.15, 0.2) is 5.54 Å². The first-order valence-electron chi connectivity index (χ1n) is 12.2. The lowest BCUT2D eigenvalue weighted by atomic mass is 9.78. The number of ether oxygens (including phenoxy) is 2. The van der Waals surface area contributed by atoms with Crippen LogP contribution in [0, 0.1) is 0 Å². The standard InChI is InChI=1S/C29H30Cl2N2O4/c1-4-5-18-32-26(21-8-12-23(30)13-9-21)29(27(34)37-3,22-10-14-24(31)15-11-22)33(28(32)35)19-20-6-16-25(36-2)17-7-20/h6-17,26H,4-5,18-19H2,1-3H3/t26-,29-/m1/s1. The van der Waals surface area contributed by atoms with E-state index in [1.54, 1.807) is 53.3 Å².